The van der Waals surface area contributed by atoms with Gasteiger partial charge in [0.25, 0.3) is 0 Å². The fourth-order valence-electron chi connectivity index (χ4n) is 1.23. The van der Waals surface area contributed by atoms with Crippen LogP contribution in [0.4, 0.5) is 10.1 Å². The van der Waals surface area contributed by atoms with E-state index in [0.717, 1.165) is 11.1 Å². The molecule has 0 bridgehead atoms. The largest absolute Gasteiger partial charge is 0.386 e. The van der Waals surface area contributed by atoms with Crippen LogP contribution in [-0.2, 0) is 0 Å². The number of nitrogens with one attached hydrogen (secondary N) is 1. The van der Waals surface area contributed by atoms with Crippen LogP contribution in [0, 0.1) is 5.82 Å². The third-order valence-electron chi connectivity index (χ3n) is 1.87. The van der Waals surface area contributed by atoms with Crippen LogP contribution in [0.1, 0.15) is 0 Å². The predicted molar refractivity (Wildman–Crippen MR) is 49.0 cm³/mol. The number of fused-ring (bicyclic) bond motifs is 1. The minimum Gasteiger partial charge on any atom is -0.386 e. The topological polar surface area (TPSA) is 37.8 Å². The second-order valence-electron chi connectivity index (χ2n) is 2.67. The third-order valence-corrected chi connectivity index (χ3v) is 1.87. The van der Waals surface area contributed by atoms with Crippen LogP contribution < -0.4 is 5.32 Å². The van der Waals surface area contributed by atoms with Gasteiger partial charge in [-0.15, -0.1) is 0 Å². The quantitative estimate of drug-likeness (QED) is 0.721. The highest BCUT2D eigenvalue weighted by molar-refractivity contribution is 5.90. The van der Waals surface area contributed by atoms with Crippen molar-refractivity contribution in [1.82, 2.24) is 10.2 Å². The summed E-state index contributed by atoms with van der Waals surface area (Å²) < 4.78 is 12.9. The van der Waals surface area contributed by atoms with E-state index >= 15 is 0 Å². The first-order chi connectivity index (χ1) is 6.31. The highest BCUT2D eigenvalue weighted by Gasteiger charge is 2.01. The van der Waals surface area contributed by atoms with E-state index in [9.17, 15) is 4.39 Å². The molecule has 0 fully saturated rings. The maximum Gasteiger partial charge on any atom is 0.124 e. The molecule has 4 heteroatoms. The van der Waals surface area contributed by atoms with E-state index in [1.165, 1.54) is 12.1 Å². The van der Waals surface area contributed by atoms with Gasteiger partial charge < -0.3 is 5.32 Å². The Bertz CT molecular complexity index is 442. The van der Waals surface area contributed by atoms with Gasteiger partial charge in [-0.1, -0.05) is 0 Å². The Morgan fingerprint density at radius 1 is 1.38 bits per heavy atom. The molecule has 0 saturated heterocycles. The number of anilines is 1. The molecular formula is C9H8FN3. The molecule has 0 aliphatic heterocycles. The number of halogens is 1. The molecule has 0 amide bonds. The Labute approximate surface area is 74.6 Å². The molecular weight excluding hydrogens is 169 g/mol. The smallest absolute Gasteiger partial charge is 0.124 e. The molecule has 0 unspecified atom stereocenters. The average Bonchev–Trinajstić information content (AvgIpc) is 2.17. The molecule has 0 aliphatic rings. The van der Waals surface area contributed by atoms with Crippen molar-refractivity contribution in [2.24, 2.45) is 0 Å². The number of nitrogens with zero attached hydrogens (tertiary/aromatic N) is 2. The summed E-state index contributed by atoms with van der Waals surface area (Å²) in [5.41, 5.74) is 1.47. The van der Waals surface area contributed by atoms with Crippen LogP contribution in [0.5, 0.6) is 0 Å². The minimum absolute atomic E-state index is 0.267. The third kappa shape index (κ3) is 1.30. The molecule has 2 aromatic rings. The molecule has 1 aromatic carbocycles. The van der Waals surface area contributed by atoms with Crippen molar-refractivity contribution in [3.8, 4) is 0 Å². The average molecular weight is 177 g/mol. The molecule has 66 valence electrons. The Morgan fingerprint density at radius 3 is 3.00 bits per heavy atom. The number of aromatic nitrogens is 2. The van der Waals surface area contributed by atoms with Crippen molar-refractivity contribution in [2.75, 3.05) is 12.4 Å². The summed E-state index contributed by atoms with van der Waals surface area (Å²) >= 11 is 0. The van der Waals surface area contributed by atoms with Crippen LogP contribution >= 0.6 is 0 Å². The van der Waals surface area contributed by atoms with Gasteiger partial charge in [-0.05, 0) is 18.2 Å². The number of benzene rings is 1. The van der Waals surface area contributed by atoms with Crippen LogP contribution in [0.15, 0.2) is 24.4 Å². The summed E-state index contributed by atoms with van der Waals surface area (Å²) in [5.74, 6) is -0.267. The zero-order valence-electron chi connectivity index (χ0n) is 7.08. The van der Waals surface area contributed by atoms with Crippen molar-refractivity contribution >= 4 is 16.6 Å². The lowest BCUT2D eigenvalue weighted by Gasteiger charge is -2.02. The van der Waals surface area contributed by atoms with Crippen LogP contribution in [0.25, 0.3) is 10.9 Å². The summed E-state index contributed by atoms with van der Waals surface area (Å²) in [4.78, 5) is 0. The number of rotatable bonds is 1. The first-order valence-electron chi connectivity index (χ1n) is 3.90. The van der Waals surface area contributed by atoms with Crippen molar-refractivity contribution in [1.29, 1.82) is 0 Å². The Hall–Kier alpha value is -1.71. The molecule has 3 nitrogen and oxygen atoms in total. The standard InChI is InChI=1S/C9H8FN3/c1-11-9-5-12-13-8-3-2-6(10)4-7(8)9/h2-5H,1H3,(H,11,13). The summed E-state index contributed by atoms with van der Waals surface area (Å²) in [6.45, 7) is 0. The normalized spacial score (nSPS) is 10.3. The highest BCUT2D eigenvalue weighted by atomic mass is 19.1. The van der Waals surface area contributed by atoms with Gasteiger partial charge in [0.05, 0.1) is 17.4 Å². The molecule has 1 N–H and O–H groups in total. The van der Waals surface area contributed by atoms with Crippen molar-refractivity contribution in [3.05, 3.63) is 30.2 Å². The van der Waals surface area contributed by atoms with Crippen LogP contribution in [0.3, 0.4) is 0 Å². The van der Waals surface area contributed by atoms with E-state index in [0.29, 0.717) is 5.52 Å². The maximum atomic E-state index is 12.9. The summed E-state index contributed by atoms with van der Waals surface area (Å²) in [6.07, 6.45) is 1.57. The zero-order chi connectivity index (χ0) is 9.26. The van der Waals surface area contributed by atoms with Gasteiger partial charge >= 0.3 is 0 Å². The maximum absolute atomic E-state index is 12.9. The first kappa shape index (κ1) is 7.91. The van der Waals surface area contributed by atoms with E-state index in [4.69, 9.17) is 0 Å². The second-order valence-corrected chi connectivity index (χ2v) is 2.67. The van der Waals surface area contributed by atoms with E-state index in [-0.39, 0.29) is 5.82 Å². The Balaban J connectivity index is 2.79. The molecule has 13 heavy (non-hydrogen) atoms. The Morgan fingerprint density at radius 2 is 2.23 bits per heavy atom. The van der Waals surface area contributed by atoms with Crippen molar-refractivity contribution < 1.29 is 4.39 Å². The van der Waals surface area contributed by atoms with E-state index < -0.39 is 0 Å². The van der Waals surface area contributed by atoms with E-state index in [1.807, 2.05) is 0 Å². The lowest BCUT2D eigenvalue weighted by molar-refractivity contribution is 0.629. The number of hydrogen-bond donors (Lipinski definition) is 1. The predicted octanol–water partition coefficient (Wildman–Crippen LogP) is 1.81. The highest BCUT2D eigenvalue weighted by Crippen LogP contribution is 2.20. The molecule has 1 heterocycles. The molecule has 0 aliphatic carbocycles. The van der Waals surface area contributed by atoms with Gasteiger partial charge in [0.2, 0.25) is 0 Å². The van der Waals surface area contributed by atoms with Gasteiger partial charge in [-0.25, -0.2) is 4.39 Å². The van der Waals surface area contributed by atoms with E-state index in [1.54, 1.807) is 19.3 Å². The lowest BCUT2D eigenvalue weighted by Crippen LogP contribution is -1.93. The summed E-state index contributed by atoms with van der Waals surface area (Å²) in [6, 6.07) is 4.42. The fraction of sp³-hybridized carbons (Fsp3) is 0.111. The molecule has 0 saturated carbocycles. The van der Waals surface area contributed by atoms with E-state index in [2.05, 4.69) is 15.5 Å². The molecule has 2 rings (SSSR count). The Kier molecular flexibility index (Phi) is 1.81. The minimum atomic E-state index is -0.267. The van der Waals surface area contributed by atoms with Crippen molar-refractivity contribution in [3.63, 3.8) is 0 Å². The molecule has 0 spiro atoms. The molecule has 0 radical (unpaired) electrons. The van der Waals surface area contributed by atoms with Gasteiger partial charge in [-0.3, -0.25) is 0 Å². The second kappa shape index (κ2) is 2.97. The van der Waals surface area contributed by atoms with Crippen LogP contribution in [0.2, 0.25) is 0 Å². The first-order valence-corrected chi connectivity index (χ1v) is 3.90. The van der Waals surface area contributed by atoms with Gasteiger partial charge in [-0.2, -0.15) is 10.2 Å². The number of hydrogen-bond acceptors (Lipinski definition) is 3. The SMILES string of the molecule is CNc1cnnc2ccc(F)cc12. The summed E-state index contributed by atoms with van der Waals surface area (Å²) in [7, 11) is 1.77. The van der Waals surface area contributed by atoms with Gasteiger partial charge in [0.15, 0.2) is 0 Å². The summed E-state index contributed by atoms with van der Waals surface area (Å²) in [5, 5.41) is 11.3. The lowest BCUT2D eigenvalue weighted by atomic mass is 10.2. The van der Waals surface area contributed by atoms with Crippen LogP contribution in [-0.4, -0.2) is 17.2 Å². The van der Waals surface area contributed by atoms with Crippen molar-refractivity contribution in [2.45, 2.75) is 0 Å². The monoisotopic (exact) mass is 177 g/mol. The van der Waals surface area contributed by atoms with Gasteiger partial charge in [0, 0.05) is 12.4 Å². The molecule has 1 aromatic heterocycles. The zero-order valence-corrected chi connectivity index (χ0v) is 7.08. The van der Waals surface area contributed by atoms with Gasteiger partial charge in [0.1, 0.15) is 5.82 Å². The fourth-order valence-corrected chi connectivity index (χ4v) is 1.23. The molecule has 0 atom stereocenters.